The van der Waals surface area contributed by atoms with E-state index in [1.807, 2.05) is 0 Å². The first-order valence-electron chi connectivity index (χ1n) is 3.76. The predicted octanol–water partition coefficient (Wildman–Crippen LogP) is 0.0531. The molecule has 0 radical (unpaired) electrons. The normalized spacial score (nSPS) is 20.9. The van der Waals surface area contributed by atoms with Crippen molar-refractivity contribution in [3.05, 3.63) is 29.2 Å². The summed E-state index contributed by atoms with van der Waals surface area (Å²) in [5.74, 6) is 0. The van der Waals surface area contributed by atoms with E-state index in [9.17, 15) is 10.1 Å². The number of hydrogen-bond donors (Lipinski definition) is 3. The van der Waals surface area contributed by atoms with Crippen molar-refractivity contribution in [2.75, 3.05) is 5.06 Å². The van der Waals surface area contributed by atoms with Gasteiger partial charge in [-0.3, -0.25) is 10.9 Å². The number of benzene rings is 1. The highest BCUT2D eigenvalue weighted by Gasteiger charge is 2.33. The number of nitrogens with zero attached hydrogens (tertiary/aromatic N) is 2. The minimum absolute atomic E-state index is 0.340. The van der Waals surface area contributed by atoms with Crippen molar-refractivity contribution in [2.45, 2.75) is 6.29 Å². The molecule has 2 rings (SSSR count). The van der Waals surface area contributed by atoms with Gasteiger partial charge in [0.1, 0.15) is 5.69 Å². The summed E-state index contributed by atoms with van der Waals surface area (Å²) in [6.07, 6.45) is -0.910. The molecule has 0 aromatic heterocycles. The van der Waals surface area contributed by atoms with Gasteiger partial charge in [0.15, 0.2) is 4.87 Å². The molecule has 1 aromatic carbocycles. The molecular formula is C7H9N4O2+. The Morgan fingerprint density at radius 1 is 1.54 bits per heavy atom. The molecule has 0 amide bonds. The Morgan fingerprint density at radius 2 is 2.23 bits per heavy atom. The van der Waals surface area contributed by atoms with Gasteiger partial charge in [-0.05, 0) is 6.07 Å². The Bertz CT molecular complexity index is 354. The number of nitroso groups, excluding NO2 is 1. The second-order valence-electron chi connectivity index (χ2n) is 2.70. The Kier molecular flexibility index (Phi) is 1.64. The molecule has 6 nitrogen and oxygen atoms in total. The van der Waals surface area contributed by atoms with Crippen LogP contribution in [-0.2, 0) is 0 Å². The van der Waals surface area contributed by atoms with Crippen molar-refractivity contribution in [3.8, 4) is 0 Å². The summed E-state index contributed by atoms with van der Waals surface area (Å²) >= 11 is 0. The van der Waals surface area contributed by atoms with Crippen LogP contribution in [0.3, 0.4) is 0 Å². The molecule has 1 atom stereocenters. The maximum Gasteiger partial charge on any atom is 0.317 e. The molecule has 0 spiro atoms. The fourth-order valence-electron chi connectivity index (χ4n) is 1.22. The van der Waals surface area contributed by atoms with E-state index in [4.69, 9.17) is 5.73 Å². The molecule has 0 saturated carbocycles. The van der Waals surface area contributed by atoms with Gasteiger partial charge in [-0.1, -0.05) is 12.1 Å². The minimum Gasteiger partial charge on any atom is -0.288 e. The predicted molar refractivity (Wildman–Crippen MR) is 45.1 cm³/mol. The SMILES string of the molecule is NC1N[N+](=O)c2ccccc2N1O. The van der Waals surface area contributed by atoms with Gasteiger partial charge in [0.2, 0.25) is 6.29 Å². The lowest BCUT2D eigenvalue weighted by Gasteiger charge is -2.24. The largest absolute Gasteiger partial charge is 0.317 e. The van der Waals surface area contributed by atoms with Gasteiger partial charge in [0.05, 0.1) is 4.91 Å². The highest BCUT2D eigenvalue weighted by atomic mass is 16.5. The van der Waals surface area contributed by atoms with Crippen molar-refractivity contribution in [1.82, 2.24) is 5.43 Å². The van der Waals surface area contributed by atoms with E-state index in [0.29, 0.717) is 16.2 Å². The fourth-order valence-corrected chi connectivity index (χ4v) is 1.22. The number of hydrazine groups is 1. The maximum atomic E-state index is 11.2. The first-order valence-corrected chi connectivity index (χ1v) is 3.76. The van der Waals surface area contributed by atoms with Crippen LogP contribution in [-0.4, -0.2) is 16.4 Å². The Balaban J connectivity index is 2.53. The average molecular weight is 181 g/mol. The Hall–Kier alpha value is -1.66. The van der Waals surface area contributed by atoms with Crippen LogP contribution in [0.2, 0.25) is 0 Å². The van der Waals surface area contributed by atoms with Crippen molar-refractivity contribution < 1.29 is 10.1 Å². The summed E-state index contributed by atoms with van der Waals surface area (Å²) in [7, 11) is 0. The Labute approximate surface area is 74.1 Å². The third kappa shape index (κ3) is 1.12. The molecule has 68 valence electrons. The van der Waals surface area contributed by atoms with Gasteiger partial charge in [-0.2, -0.15) is 0 Å². The van der Waals surface area contributed by atoms with Crippen LogP contribution < -0.4 is 16.2 Å². The van der Waals surface area contributed by atoms with Crippen LogP contribution in [0.1, 0.15) is 0 Å². The molecule has 13 heavy (non-hydrogen) atoms. The highest BCUT2D eigenvalue weighted by Crippen LogP contribution is 2.28. The first kappa shape index (κ1) is 7.96. The molecule has 1 aromatic rings. The third-order valence-electron chi connectivity index (χ3n) is 1.86. The number of nitrogens with two attached hydrogens (primary N) is 1. The summed E-state index contributed by atoms with van der Waals surface area (Å²) in [6, 6.07) is 6.62. The number of hydrogen-bond acceptors (Lipinski definition) is 4. The summed E-state index contributed by atoms with van der Waals surface area (Å²) in [4.78, 5) is 11.8. The molecule has 0 fully saturated rings. The molecule has 6 heteroatoms. The zero-order valence-electron chi connectivity index (χ0n) is 6.71. The molecular weight excluding hydrogens is 172 g/mol. The van der Waals surface area contributed by atoms with Crippen LogP contribution in [0, 0.1) is 4.91 Å². The number of hydroxylamine groups is 1. The summed E-state index contributed by atoms with van der Waals surface area (Å²) in [5, 5.41) is 10.2. The quantitative estimate of drug-likeness (QED) is 0.493. The summed E-state index contributed by atoms with van der Waals surface area (Å²) in [6.45, 7) is 0. The number of anilines is 1. The van der Waals surface area contributed by atoms with Gasteiger partial charge in [0.25, 0.3) is 0 Å². The molecule has 1 aliphatic rings. The molecule has 4 N–H and O–H groups in total. The van der Waals surface area contributed by atoms with Crippen LogP contribution in [0.25, 0.3) is 0 Å². The lowest BCUT2D eigenvalue weighted by molar-refractivity contribution is -0.540. The van der Waals surface area contributed by atoms with Gasteiger partial charge < -0.3 is 0 Å². The molecule has 1 aliphatic heterocycles. The molecule has 0 saturated heterocycles. The van der Waals surface area contributed by atoms with E-state index in [1.54, 1.807) is 24.3 Å². The smallest absolute Gasteiger partial charge is 0.288 e. The van der Waals surface area contributed by atoms with Crippen molar-refractivity contribution in [2.24, 2.45) is 5.73 Å². The van der Waals surface area contributed by atoms with E-state index in [-0.39, 0.29) is 0 Å². The molecule has 1 unspecified atom stereocenters. The van der Waals surface area contributed by atoms with Crippen LogP contribution in [0.5, 0.6) is 0 Å². The van der Waals surface area contributed by atoms with E-state index in [1.165, 1.54) is 0 Å². The number of fused-ring (bicyclic) bond motifs is 1. The van der Waals surface area contributed by atoms with E-state index in [0.717, 1.165) is 5.06 Å². The summed E-state index contributed by atoms with van der Waals surface area (Å²) in [5.41, 5.74) is 8.46. The topological polar surface area (TPSA) is 81.6 Å². The van der Waals surface area contributed by atoms with Gasteiger partial charge in [-0.15, -0.1) is 5.43 Å². The second-order valence-corrected chi connectivity index (χ2v) is 2.70. The summed E-state index contributed by atoms with van der Waals surface area (Å²) < 4.78 is 0. The average Bonchev–Trinajstić information content (AvgIpc) is 2.15. The molecule has 0 aliphatic carbocycles. The maximum absolute atomic E-state index is 11.2. The van der Waals surface area contributed by atoms with E-state index >= 15 is 0 Å². The van der Waals surface area contributed by atoms with E-state index < -0.39 is 6.29 Å². The number of para-hydroxylation sites is 2. The van der Waals surface area contributed by atoms with E-state index in [2.05, 4.69) is 5.43 Å². The number of rotatable bonds is 0. The third-order valence-corrected chi connectivity index (χ3v) is 1.86. The van der Waals surface area contributed by atoms with Crippen LogP contribution in [0.4, 0.5) is 11.4 Å². The fraction of sp³-hybridized carbons (Fsp3) is 0.143. The first-order chi connectivity index (χ1) is 6.20. The van der Waals surface area contributed by atoms with Crippen molar-refractivity contribution >= 4 is 11.4 Å². The number of nitrogens with one attached hydrogen (secondary N) is 1. The second kappa shape index (κ2) is 2.68. The minimum atomic E-state index is -0.910. The van der Waals surface area contributed by atoms with Crippen LogP contribution >= 0.6 is 0 Å². The zero-order chi connectivity index (χ0) is 9.42. The monoisotopic (exact) mass is 181 g/mol. The standard InChI is InChI=1S/C7H9N4O2/c8-7-9-11(13)6-4-2-1-3-5(6)10(7)12/h1-4,7,12H,8H2,(H,9,13)/q+1. The molecule has 0 bridgehead atoms. The van der Waals surface area contributed by atoms with Gasteiger partial charge >= 0.3 is 5.69 Å². The molecule has 1 heterocycles. The van der Waals surface area contributed by atoms with Crippen LogP contribution in [0.15, 0.2) is 24.3 Å². The van der Waals surface area contributed by atoms with Crippen molar-refractivity contribution in [3.63, 3.8) is 0 Å². The van der Waals surface area contributed by atoms with Gasteiger partial charge in [0, 0.05) is 6.07 Å². The van der Waals surface area contributed by atoms with Crippen molar-refractivity contribution in [1.29, 1.82) is 0 Å². The Morgan fingerprint density at radius 3 is 3.00 bits per heavy atom. The lowest BCUT2D eigenvalue weighted by Crippen LogP contribution is -2.56. The van der Waals surface area contributed by atoms with Gasteiger partial charge in [-0.25, -0.2) is 5.06 Å². The lowest BCUT2D eigenvalue weighted by atomic mass is 10.2. The highest BCUT2D eigenvalue weighted by molar-refractivity contribution is 5.62. The zero-order valence-corrected chi connectivity index (χ0v) is 6.71.